The van der Waals surface area contributed by atoms with Crippen LogP contribution in [0.5, 0.6) is 0 Å². The molecule has 1 aromatic heterocycles. The highest BCUT2D eigenvalue weighted by Gasteiger charge is 2.05. The first-order chi connectivity index (χ1) is 8.72. The van der Waals surface area contributed by atoms with Crippen LogP contribution in [0.1, 0.15) is 19.8 Å². The van der Waals surface area contributed by atoms with Gasteiger partial charge in [0.15, 0.2) is 4.77 Å². The van der Waals surface area contributed by atoms with E-state index in [1.165, 1.54) is 12.1 Å². The second-order valence-electron chi connectivity index (χ2n) is 4.21. The molecule has 0 atom stereocenters. The number of aromatic amines is 1. The second kappa shape index (κ2) is 6.11. The monoisotopic (exact) mass is 268 g/mol. The summed E-state index contributed by atoms with van der Waals surface area (Å²) in [7, 11) is 0. The Labute approximate surface area is 111 Å². The Morgan fingerprint density at radius 3 is 3.00 bits per heavy atom. The maximum Gasteiger partial charge on any atom is 0.178 e. The summed E-state index contributed by atoms with van der Waals surface area (Å²) in [6.07, 6.45) is 1.90. The Morgan fingerprint density at radius 2 is 2.22 bits per heavy atom. The molecule has 2 rings (SSSR count). The van der Waals surface area contributed by atoms with Gasteiger partial charge in [0.2, 0.25) is 0 Å². The van der Waals surface area contributed by atoms with Crippen molar-refractivity contribution in [2.45, 2.75) is 26.3 Å². The largest absolute Gasteiger partial charge is 0.381 e. The van der Waals surface area contributed by atoms with Crippen molar-refractivity contribution in [3.8, 4) is 0 Å². The van der Waals surface area contributed by atoms with E-state index in [0.717, 1.165) is 37.0 Å². The van der Waals surface area contributed by atoms with Gasteiger partial charge in [0.05, 0.1) is 11.0 Å². The molecular weight excluding hydrogens is 251 g/mol. The lowest BCUT2D eigenvalue weighted by atomic mass is 10.3. The number of hydrogen-bond donors (Lipinski definition) is 1. The number of ether oxygens (including phenoxy) is 1. The van der Waals surface area contributed by atoms with Crippen molar-refractivity contribution in [2.75, 3.05) is 13.2 Å². The Kier molecular flexibility index (Phi) is 4.49. The number of hydrogen-bond acceptors (Lipinski definition) is 2. The van der Waals surface area contributed by atoms with Crippen LogP contribution in [-0.4, -0.2) is 22.8 Å². The average Bonchev–Trinajstić information content (AvgIpc) is 2.65. The summed E-state index contributed by atoms with van der Waals surface area (Å²) in [6.45, 7) is 4.32. The van der Waals surface area contributed by atoms with Crippen LogP contribution in [0.15, 0.2) is 18.2 Å². The molecule has 5 heteroatoms. The zero-order valence-corrected chi connectivity index (χ0v) is 11.2. The van der Waals surface area contributed by atoms with E-state index in [4.69, 9.17) is 17.0 Å². The second-order valence-corrected chi connectivity index (χ2v) is 4.60. The smallest absolute Gasteiger partial charge is 0.178 e. The minimum Gasteiger partial charge on any atom is -0.381 e. The lowest BCUT2D eigenvalue weighted by molar-refractivity contribution is 0.129. The van der Waals surface area contributed by atoms with Crippen LogP contribution in [0.25, 0.3) is 11.0 Å². The van der Waals surface area contributed by atoms with E-state index in [2.05, 4.69) is 11.9 Å². The van der Waals surface area contributed by atoms with E-state index < -0.39 is 0 Å². The molecule has 18 heavy (non-hydrogen) atoms. The normalized spacial score (nSPS) is 11.2. The standard InChI is InChI=1S/C13H17FN2OS/c1-2-7-17-8-3-6-16-12-9-10(14)4-5-11(12)15-13(16)18/h4-5,9H,2-3,6-8H2,1H3,(H,15,18). The lowest BCUT2D eigenvalue weighted by Gasteiger charge is -2.05. The van der Waals surface area contributed by atoms with Crippen molar-refractivity contribution < 1.29 is 9.13 Å². The first-order valence-electron chi connectivity index (χ1n) is 6.18. The summed E-state index contributed by atoms with van der Waals surface area (Å²) in [5.41, 5.74) is 1.69. The fourth-order valence-electron chi connectivity index (χ4n) is 1.92. The van der Waals surface area contributed by atoms with Gasteiger partial charge in [-0.2, -0.15) is 0 Å². The van der Waals surface area contributed by atoms with Crippen LogP contribution in [-0.2, 0) is 11.3 Å². The number of benzene rings is 1. The first-order valence-corrected chi connectivity index (χ1v) is 6.59. The molecule has 3 nitrogen and oxygen atoms in total. The third-order valence-corrected chi connectivity index (χ3v) is 3.08. The van der Waals surface area contributed by atoms with Crippen LogP contribution in [0.2, 0.25) is 0 Å². The molecule has 2 aromatic rings. The van der Waals surface area contributed by atoms with Gasteiger partial charge >= 0.3 is 0 Å². The molecule has 0 radical (unpaired) electrons. The highest BCUT2D eigenvalue weighted by Crippen LogP contribution is 2.16. The molecule has 0 aliphatic rings. The zero-order valence-electron chi connectivity index (χ0n) is 10.4. The van der Waals surface area contributed by atoms with Gasteiger partial charge in [0, 0.05) is 19.8 Å². The molecule has 0 fully saturated rings. The first kappa shape index (κ1) is 13.2. The molecule has 0 saturated heterocycles. The SMILES string of the molecule is CCCOCCCn1c(=S)[nH]c2ccc(F)cc21. The maximum absolute atomic E-state index is 13.2. The number of rotatable bonds is 6. The number of imidazole rings is 1. The number of nitrogens with zero attached hydrogens (tertiary/aromatic N) is 1. The van der Waals surface area contributed by atoms with Crippen LogP contribution in [0.4, 0.5) is 4.39 Å². The number of H-pyrrole nitrogens is 1. The molecule has 98 valence electrons. The molecule has 1 N–H and O–H groups in total. The van der Waals surface area contributed by atoms with E-state index in [9.17, 15) is 4.39 Å². The lowest BCUT2D eigenvalue weighted by Crippen LogP contribution is -2.03. The zero-order chi connectivity index (χ0) is 13.0. The molecule has 0 aliphatic carbocycles. The third-order valence-electron chi connectivity index (χ3n) is 2.76. The van der Waals surface area contributed by atoms with Crippen LogP contribution in [0.3, 0.4) is 0 Å². The number of halogens is 1. The number of aromatic nitrogens is 2. The molecule has 0 unspecified atom stereocenters. The Hall–Kier alpha value is -1.20. The average molecular weight is 268 g/mol. The Morgan fingerprint density at radius 1 is 1.39 bits per heavy atom. The van der Waals surface area contributed by atoms with Gasteiger partial charge in [0.1, 0.15) is 5.82 Å². The minimum atomic E-state index is -0.243. The molecule has 0 bridgehead atoms. The minimum absolute atomic E-state index is 0.243. The predicted octanol–water partition coefficient (Wildman–Crippen LogP) is 3.65. The van der Waals surface area contributed by atoms with E-state index in [1.807, 2.05) is 4.57 Å². The van der Waals surface area contributed by atoms with Crippen molar-refractivity contribution in [1.82, 2.24) is 9.55 Å². The van der Waals surface area contributed by atoms with E-state index in [0.29, 0.717) is 11.4 Å². The molecule has 0 amide bonds. The highest BCUT2D eigenvalue weighted by molar-refractivity contribution is 7.71. The van der Waals surface area contributed by atoms with Gasteiger partial charge in [-0.05, 0) is 43.3 Å². The summed E-state index contributed by atoms with van der Waals surface area (Å²) in [5.74, 6) is -0.243. The van der Waals surface area contributed by atoms with Crippen LogP contribution < -0.4 is 0 Å². The van der Waals surface area contributed by atoms with E-state index >= 15 is 0 Å². The number of aryl methyl sites for hydroxylation is 1. The highest BCUT2D eigenvalue weighted by atomic mass is 32.1. The van der Waals surface area contributed by atoms with Gasteiger partial charge in [-0.3, -0.25) is 0 Å². The van der Waals surface area contributed by atoms with Crippen molar-refractivity contribution in [3.05, 3.63) is 28.8 Å². The van der Waals surface area contributed by atoms with Crippen LogP contribution in [0, 0.1) is 10.6 Å². The summed E-state index contributed by atoms with van der Waals surface area (Å²) >= 11 is 5.24. The maximum atomic E-state index is 13.2. The molecule has 0 aliphatic heterocycles. The van der Waals surface area contributed by atoms with Gasteiger partial charge in [-0.15, -0.1) is 0 Å². The van der Waals surface area contributed by atoms with Crippen molar-refractivity contribution >= 4 is 23.3 Å². The van der Waals surface area contributed by atoms with Crippen molar-refractivity contribution in [1.29, 1.82) is 0 Å². The molecule has 0 spiro atoms. The van der Waals surface area contributed by atoms with Gasteiger partial charge in [-0.1, -0.05) is 6.92 Å². The summed E-state index contributed by atoms with van der Waals surface area (Å²) in [4.78, 5) is 3.08. The van der Waals surface area contributed by atoms with Gasteiger partial charge in [0.25, 0.3) is 0 Å². The summed E-state index contributed by atoms with van der Waals surface area (Å²) in [6, 6.07) is 4.65. The van der Waals surface area contributed by atoms with Crippen molar-refractivity contribution in [2.24, 2.45) is 0 Å². The molecule has 1 aromatic carbocycles. The quantitative estimate of drug-likeness (QED) is 0.640. The topological polar surface area (TPSA) is 29.9 Å². The van der Waals surface area contributed by atoms with Crippen molar-refractivity contribution in [3.63, 3.8) is 0 Å². The molecule has 0 saturated carbocycles. The fraction of sp³-hybridized carbons (Fsp3) is 0.462. The molecular formula is C13H17FN2OS. The van der Waals surface area contributed by atoms with Crippen LogP contribution >= 0.6 is 12.2 Å². The Bertz CT molecular complexity index is 576. The summed E-state index contributed by atoms with van der Waals surface area (Å²) < 4.78 is 21.2. The number of fused-ring (bicyclic) bond motifs is 1. The molecule has 1 heterocycles. The van der Waals surface area contributed by atoms with E-state index in [-0.39, 0.29) is 5.82 Å². The third kappa shape index (κ3) is 2.97. The van der Waals surface area contributed by atoms with Gasteiger partial charge in [-0.25, -0.2) is 4.39 Å². The van der Waals surface area contributed by atoms with E-state index in [1.54, 1.807) is 6.07 Å². The fourth-order valence-corrected chi connectivity index (χ4v) is 2.22. The van der Waals surface area contributed by atoms with Gasteiger partial charge < -0.3 is 14.3 Å². The predicted molar refractivity (Wildman–Crippen MR) is 72.8 cm³/mol. The number of nitrogens with one attached hydrogen (secondary N) is 1. The Balaban J connectivity index is 2.10. The summed E-state index contributed by atoms with van der Waals surface area (Å²) in [5, 5.41) is 0.